The average molecular weight is 400 g/mol. The van der Waals surface area contributed by atoms with Crippen LogP contribution in [0.2, 0.25) is 0 Å². The second-order valence-electron chi connectivity index (χ2n) is 6.06. The van der Waals surface area contributed by atoms with Crippen molar-refractivity contribution < 1.29 is 33.4 Å². The molecule has 3 amide bonds. The number of rotatable bonds is 7. The molecule has 2 aromatic carbocycles. The number of imide groups is 1. The summed E-state index contributed by atoms with van der Waals surface area (Å²) >= 11 is 0. The number of halogens is 1. The maximum Gasteiger partial charge on any atom is 0.341 e. The highest BCUT2D eigenvalue weighted by molar-refractivity contribution is 6.13. The van der Waals surface area contributed by atoms with E-state index < -0.39 is 30.3 Å². The normalized spacial score (nSPS) is 14.8. The second-order valence-corrected chi connectivity index (χ2v) is 6.06. The highest BCUT2D eigenvalue weighted by Crippen LogP contribution is 2.29. The fourth-order valence-electron chi connectivity index (χ4n) is 2.71. The number of hydrogen-bond donors (Lipinski definition) is 2. The number of nitrogens with one attached hydrogen (secondary N) is 1. The van der Waals surface area contributed by atoms with E-state index in [1.165, 1.54) is 43.5 Å². The average Bonchev–Trinajstić information content (AvgIpc) is 2.95. The van der Waals surface area contributed by atoms with Crippen molar-refractivity contribution in [2.45, 2.75) is 6.54 Å². The Hall–Kier alpha value is -3.88. The maximum absolute atomic E-state index is 13.8. The molecule has 2 aromatic rings. The zero-order valence-electron chi connectivity index (χ0n) is 15.3. The zero-order chi connectivity index (χ0) is 21.0. The molecule has 0 atom stereocenters. The van der Waals surface area contributed by atoms with Crippen molar-refractivity contribution in [3.05, 3.63) is 65.1 Å². The molecule has 0 bridgehead atoms. The summed E-state index contributed by atoms with van der Waals surface area (Å²) in [5, 5.41) is 11.2. The van der Waals surface area contributed by atoms with E-state index in [0.29, 0.717) is 5.56 Å². The highest BCUT2D eigenvalue weighted by Gasteiger charge is 2.34. The molecule has 3 rings (SSSR count). The van der Waals surface area contributed by atoms with Gasteiger partial charge in [0, 0.05) is 5.56 Å². The van der Waals surface area contributed by atoms with E-state index in [1.54, 1.807) is 12.1 Å². The molecule has 1 fully saturated rings. The summed E-state index contributed by atoms with van der Waals surface area (Å²) in [6.45, 7) is -0.726. The summed E-state index contributed by atoms with van der Waals surface area (Å²) < 4.78 is 24.1. The lowest BCUT2D eigenvalue weighted by atomic mass is 10.1. The lowest BCUT2D eigenvalue weighted by Crippen LogP contribution is -2.30. The van der Waals surface area contributed by atoms with Crippen LogP contribution in [0.4, 0.5) is 9.18 Å². The minimum atomic E-state index is -1.13. The molecule has 0 aliphatic carbocycles. The summed E-state index contributed by atoms with van der Waals surface area (Å²) in [5.41, 5.74) is 0.757. The first-order chi connectivity index (χ1) is 13.9. The zero-order valence-corrected chi connectivity index (χ0v) is 15.3. The van der Waals surface area contributed by atoms with Crippen LogP contribution in [0.5, 0.6) is 11.5 Å². The number of carbonyl (C=O) groups is 3. The number of carboxylic acid groups (broad SMARTS) is 1. The molecule has 1 aliphatic rings. The van der Waals surface area contributed by atoms with E-state index in [1.807, 2.05) is 0 Å². The molecule has 8 nitrogen and oxygen atoms in total. The summed E-state index contributed by atoms with van der Waals surface area (Å²) in [7, 11) is 1.39. The largest absolute Gasteiger partial charge is 0.493 e. The minimum Gasteiger partial charge on any atom is -0.493 e. The first-order valence-electron chi connectivity index (χ1n) is 8.49. The van der Waals surface area contributed by atoms with E-state index in [9.17, 15) is 18.8 Å². The van der Waals surface area contributed by atoms with Gasteiger partial charge < -0.3 is 19.9 Å². The van der Waals surface area contributed by atoms with Gasteiger partial charge in [-0.2, -0.15) is 0 Å². The first-order valence-corrected chi connectivity index (χ1v) is 8.49. The SMILES string of the molecule is COc1cc(/C=C2/NC(=O)N(Cc3ccccc3F)C2=O)ccc1OCC(=O)O. The smallest absolute Gasteiger partial charge is 0.341 e. The van der Waals surface area contributed by atoms with Crippen molar-refractivity contribution in [2.75, 3.05) is 13.7 Å². The van der Waals surface area contributed by atoms with Crippen molar-refractivity contribution in [1.82, 2.24) is 10.2 Å². The van der Waals surface area contributed by atoms with E-state index in [2.05, 4.69) is 5.32 Å². The molecule has 0 saturated carbocycles. The van der Waals surface area contributed by atoms with Gasteiger partial charge in [-0.15, -0.1) is 0 Å². The van der Waals surface area contributed by atoms with E-state index in [0.717, 1.165) is 4.90 Å². The molecular formula is C20H17FN2O6. The molecule has 0 unspecified atom stereocenters. The quantitative estimate of drug-likeness (QED) is 0.546. The van der Waals surface area contributed by atoms with Gasteiger partial charge in [-0.05, 0) is 29.8 Å². The van der Waals surface area contributed by atoms with E-state index in [-0.39, 0.29) is 29.3 Å². The van der Waals surface area contributed by atoms with Gasteiger partial charge in [0.15, 0.2) is 18.1 Å². The number of ether oxygens (including phenoxy) is 2. The van der Waals surface area contributed by atoms with Crippen LogP contribution in [-0.4, -0.2) is 41.6 Å². The highest BCUT2D eigenvalue weighted by atomic mass is 19.1. The predicted octanol–water partition coefficient (Wildman–Crippen LogP) is 2.39. The predicted molar refractivity (Wildman–Crippen MR) is 99.6 cm³/mol. The number of benzene rings is 2. The Balaban J connectivity index is 1.80. The Morgan fingerprint density at radius 3 is 2.66 bits per heavy atom. The van der Waals surface area contributed by atoms with Crippen LogP contribution in [-0.2, 0) is 16.1 Å². The van der Waals surface area contributed by atoms with Crippen LogP contribution in [0.15, 0.2) is 48.2 Å². The number of nitrogens with zero attached hydrogens (tertiary/aromatic N) is 1. The fraction of sp³-hybridized carbons (Fsp3) is 0.150. The molecule has 1 aliphatic heterocycles. The summed E-state index contributed by atoms with van der Waals surface area (Å²) in [6, 6.07) is 9.84. The minimum absolute atomic E-state index is 0.0209. The van der Waals surface area contributed by atoms with Gasteiger partial charge in [0.1, 0.15) is 11.5 Å². The lowest BCUT2D eigenvalue weighted by molar-refractivity contribution is -0.139. The van der Waals surface area contributed by atoms with Crippen LogP contribution in [0.3, 0.4) is 0 Å². The molecule has 9 heteroatoms. The van der Waals surface area contributed by atoms with Crippen molar-refractivity contribution >= 4 is 24.0 Å². The topological polar surface area (TPSA) is 105 Å². The van der Waals surface area contributed by atoms with Crippen LogP contribution < -0.4 is 14.8 Å². The lowest BCUT2D eigenvalue weighted by Gasteiger charge is -2.12. The fourth-order valence-corrected chi connectivity index (χ4v) is 2.71. The summed E-state index contributed by atoms with van der Waals surface area (Å²) in [4.78, 5) is 36.3. The van der Waals surface area contributed by atoms with Crippen LogP contribution in [0.1, 0.15) is 11.1 Å². The second kappa shape index (κ2) is 8.42. The molecule has 0 radical (unpaired) electrons. The Morgan fingerprint density at radius 1 is 1.21 bits per heavy atom. The molecule has 2 N–H and O–H groups in total. The number of aliphatic carboxylic acids is 1. The van der Waals surface area contributed by atoms with Gasteiger partial charge in [-0.3, -0.25) is 9.69 Å². The van der Waals surface area contributed by atoms with Crippen LogP contribution in [0, 0.1) is 5.82 Å². The van der Waals surface area contributed by atoms with Crippen LogP contribution >= 0.6 is 0 Å². The standard InChI is InChI=1S/C20H17FN2O6/c1-28-17-9-12(6-7-16(17)29-11-18(24)25)8-15-19(26)23(20(27)22-15)10-13-4-2-3-5-14(13)21/h2-9H,10-11H2,1H3,(H,22,27)(H,24,25)/b15-8+. The summed E-state index contributed by atoms with van der Waals surface area (Å²) in [6.07, 6.45) is 1.44. The number of amides is 3. The van der Waals surface area contributed by atoms with Gasteiger partial charge >= 0.3 is 12.0 Å². The number of carboxylic acids is 1. The third kappa shape index (κ3) is 4.52. The van der Waals surface area contributed by atoms with Gasteiger partial charge in [-0.1, -0.05) is 24.3 Å². The Morgan fingerprint density at radius 2 is 1.97 bits per heavy atom. The van der Waals surface area contributed by atoms with E-state index in [4.69, 9.17) is 14.6 Å². The summed E-state index contributed by atoms with van der Waals surface area (Å²) in [5.74, 6) is -1.75. The maximum atomic E-state index is 13.8. The third-order valence-corrected chi connectivity index (χ3v) is 4.10. The number of methoxy groups -OCH3 is 1. The van der Waals surface area contributed by atoms with Crippen molar-refractivity contribution in [3.63, 3.8) is 0 Å². The Labute approximate surface area is 165 Å². The third-order valence-electron chi connectivity index (χ3n) is 4.10. The monoisotopic (exact) mass is 400 g/mol. The van der Waals surface area contributed by atoms with Gasteiger partial charge in [-0.25, -0.2) is 14.0 Å². The van der Waals surface area contributed by atoms with E-state index >= 15 is 0 Å². The van der Waals surface area contributed by atoms with Gasteiger partial charge in [0.2, 0.25) is 0 Å². The molecule has 0 spiro atoms. The first kappa shape index (κ1) is 19.9. The van der Waals surface area contributed by atoms with Crippen molar-refractivity contribution in [2.24, 2.45) is 0 Å². The molecular weight excluding hydrogens is 383 g/mol. The van der Waals surface area contributed by atoms with Crippen molar-refractivity contribution in [3.8, 4) is 11.5 Å². The number of urea groups is 1. The molecule has 150 valence electrons. The molecule has 1 heterocycles. The Kier molecular flexibility index (Phi) is 5.77. The number of carbonyl (C=O) groups excluding carboxylic acids is 2. The molecule has 29 heavy (non-hydrogen) atoms. The molecule has 1 saturated heterocycles. The van der Waals surface area contributed by atoms with Gasteiger partial charge in [0.05, 0.1) is 13.7 Å². The van der Waals surface area contributed by atoms with Crippen molar-refractivity contribution in [1.29, 1.82) is 0 Å². The van der Waals surface area contributed by atoms with Crippen LogP contribution in [0.25, 0.3) is 6.08 Å². The Bertz CT molecular complexity index is 1000. The molecule has 0 aromatic heterocycles. The number of hydrogen-bond acceptors (Lipinski definition) is 5. The van der Waals surface area contributed by atoms with Gasteiger partial charge in [0.25, 0.3) is 5.91 Å².